The second-order valence-electron chi connectivity index (χ2n) is 3.48. The van der Waals surface area contributed by atoms with E-state index in [4.69, 9.17) is 5.73 Å². The third kappa shape index (κ3) is 2.20. The van der Waals surface area contributed by atoms with Crippen molar-refractivity contribution in [3.05, 3.63) is 42.2 Å². The predicted molar refractivity (Wildman–Crippen MR) is 62.0 cm³/mol. The third-order valence-corrected chi connectivity index (χ3v) is 2.11. The van der Waals surface area contributed by atoms with Crippen LogP contribution >= 0.6 is 0 Å². The Morgan fingerprint density at radius 3 is 2.94 bits per heavy atom. The van der Waals surface area contributed by atoms with Gasteiger partial charge in [0.1, 0.15) is 0 Å². The van der Waals surface area contributed by atoms with Gasteiger partial charge in [-0.2, -0.15) is 5.10 Å². The Morgan fingerprint density at radius 1 is 1.50 bits per heavy atom. The van der Waals surface area contributed by atoms with E-state index in [1.807, 2.05) is 0 Å². The second-order valence-corrected chi connectivity index (χ2v) is 3.48. The number of aromatic nitrogens is 2. The topological polar surface area (TPSA) is 72.9 Å². The Hall–Kier alpha value is -2.30. The van der Waals surface area contributed by atoms with Gasteiger partial charge in [-0.3, -0.25) is 9.48 Å². The van der Waals surface area contributed by atoms with E-state index in [1.54, 1.807) is 42.2 Å². The van der Waals surface area contributed by atoms with Crippen molar-refractivity contribution >= 4 is 17.3 Å². The molecular weight excluding hydrogens is 204 g/mol. The average Bonchev–Trinajstić information content (AvgIpc) is 2.65. The maximum absolute atomic E-state index is 11.7. The number of hydrogen-bond donors (Lipinski definition) is 2. The van der Waals surface area contributed by atoms with Crippen LogP contribution in [0.25, 0.3) is 0 Å². The van der Waals surface area contributed by atoms with Crippen LogP contribution in [0.3, 0.4) is 0 Å². The standard InChI is InChI=1S/C11H12N4O/c1-15-7-8(6-13-15)11(16)14-10-4-2-3-9(12)5-10/h2-7H,12H2,1H3,(H,14,16). The van der Waals surface area contributed by atoms with Gasteiger partial charge in [-0.05, 0) is 18.2 Å². The normalized spacial score (nSPS) is 10.1. The van der Waals surface area contributed by atoms with Gasteiger partial charge in [0.2, 0.25) is 0 Å². The highest BCUT2D eigenvalue weighted by atomic mass is 16.1. The van der Waals surface area contributed by atoms with Crippen molar-refractivity contribution in [2.45, 2.75) is 0 Å². The van der Waals surface area contributed by atoms with Crippen LogP contribution in [0.2, 0.25) is 0 Å². The molecule has 1 aromatic heterocycles. The zero-order valence-corrected chi connectivity index (χ0v) is 8.84. The van der Waals surface area contributed by atoms with E-state index in [1.165, 1.54) is 6.20 Å². The molecule has 0 fully saturated rings. The summed E-state index contributed by atoms with van der Waals surface area (Å²) >= 11 is 0. The monoisotopic (exact) mass is 216 g/mol. The van der Waals surface area contributed by atoms with Crippen LogP contribution in [0.15, 0.2) is 36.7 Å². The van der Waals surface area contributed by atoms with Crippen molar-refractivity contribution < 1.29 is 4.79 Å². The highest BCUT2D eigenvalue weighted by molar-refractivity contribution is 6.04. The summed E-state index contributed by atoms with van der Waals surface area (Å²) in [5.41, 5.74) is 7.42. The molecule has 0 radical (unpaired) electrons. The molecule has 5 nitrogen and oxygen atoms in total. The molecule has 0 spiro atoms. The molecular formula is C11H12N4O. The van der Waals surface area contributed by atoms with Crippen molar-refractivity contribution in [3.63, 3.8) is 0 Å². The number of rotatable bonds is 2. The lowest BCUT2D eigenvalue weighted by molar-refractivity contribution is 0.102. The molecule has 2 aromatic rings. The molecule has 82 valence electrons. The van der Waals surface area contributed by atoms with Crippen LogP contribution in [0.5, 0.6) is 0 Å². The summed E-state index contributed by atoms with van der Waals surface area (Å²) in [5.74, 6) is -0.196. The smallest absolute Gasteiger partial charge is 0.258 e. The molecule has 0 atom stereocenters. The number of anilines is 2. The van der Waals surface area contributed by atoms with Crippen molar-refractivity contribution in [1.29, 1.82) is 0 Å². The molecule has 1 amide bonds. The minimum absolute atomic E-state index is 0.196. The van der Waals surface area contributed by atoms with Crippen LogP contribution in [-0.4, -0.2) is 15.7 Å². The molecule has 2 rings (SSSR count). The Morgan fingerprint density at radius 2 is 2.31 bits per heavy atom. The number of nitrogens with two attached hydrogens (primary N) is 1. The third-order valence-electron chi connectivity index (χ3n) is 2.11. The minimum Gasteiger partial charge on any atom is -0.399 e. The van der Waals surface area contributed by atoms with Crippen molar-refractivity contribution in [3.8, 4) is 0 Å². The summed E-state index contributed by atoms with van der Waals surface area (Å²) < 4.78 is 1.58. The van der Waals surface area contributed by atoms with Crippen molar-refractivity contribution in [2.75, 3.05) is 11.1 Å². The molecule has 0 aliphatic rings. The van der Waals surface area contributed by atoms with Crippen molar-refractivity contribution in [2.24, 2.45) is 7.05 Å². The minimum atomic E-state index is -0.196. The Kier molecular flexibility index (Phi) is 2.59. The summed E-state index contributed by atoms with van der Waals surface area (Å²) in [6, 6.07) is 7.03. The zero-order valence-electron chi connectivity index (χ0n) is 8.84. The summed E-state index contributed by atoms with van der Waals surface area (Å²) in [5, 5.41) is 6.67. The number of hydrogen-bond acceptors (Lipinski definition) is 3. The molecule has 0 saturated heterocycles. The van der Waals surface area contributed by atoms with Gasteiger partial charge >= 0.3 is 0 Å². The van der Waals surface area contributed by atoms with Gasteiger partial charge in [0.15, 0.2) is 0 Å². The Labute approximate surface area is 92.9 Å². The van der Waals surface area contributed by atoms with Gasteiger partial charge in [-0.1, -0.05) is 6.07 Å². The molecule has 0 saturated carbocycles. The van der Waals surface area contributed by atoms with Gasteiger partial charge in [-0.15, -0.1) is 0 Å². The number of carbonyl (C=O) groups is 1. The SMILES string of the molecule is Cn1cc(C(=O)Nc2cccc(N)c2)cn1. The van der Waals surface area contributed by atoms with E-state index in [2.05, 4.69) is 10.4 Å². The Balaban J connectivity index is 2.13. The quantitative estimate of drug-likeness (QED) is 0.742. The van der Waals surface area contributed by atoms with E-state index in [0.717, 1.165) is 0 Å². The highest BCUT2D eigenvalue weighted by Crippen LogP contribution is 2.12. The fraction of sp³-hybridized carbons (Fsp3) is 0.0909. The van der Waals surface area contributed by atoms with Gasteiger partial charge in [0.05, 0.1) is 11.8 Å². The molecule has 0 unspecified atom stereocenters. The molecule has 0 aliphatic heterocycles. The molecule has 5 heteroatoms. The fourth-order valence-electron chi connectivity index (χ4n) is 1.36. The molecule has 0 aliphatic carbocycles. The highest BCUT2D eigenvalue weighted by Gasteiger charge is 2.07. The van der Waals surface area contributed by atoms with Crippen LogP contribution in [-0.2, 0) is 7.05 Å². The maximum atomic E-state index is 11.7. The summed E-state index contributed by atoms with van der Waals surface area (Å²) in [6.45, 7) is 0. The van der Waals surface area contributed by atoms with E-state index in [9.17, 15) is 4.79 Å². The zero-order chi connectivity index (χ0) is 11.5. The number of benzene rings is 1. The maximum Gasteiger partial charge on any atom is 0.258 e. The van der Waals surface area contributed by atoms with Gasteiger partial charge in [0.25, 0.3) is 5.91 Å². The van der Waals surface area contributed by atoms with Crippen LogP contribution in [0.4, 0.5) is 11.4 Å². The first-order chi connectivity index (χ1) is 7.65. The van der Waals surface area contributed by atoms with Crippen molar-refractivity contribution in [1.82, 2.24) is 9.78 Å². The number of carbonyl (C=O) groups excluding carboxylic acids is 1. The summed E-state index contributed by atoms with van der Waals surface area (Å²) in [6.07, 6.45) is 3.17. The van der Waals surface area contributed by atoms with Crippen LogP contribution in [0, 0.1) is 0 Å². The molecule has 1 heterocycles. The number of nitrogen functional groups attached to an aromatic ring is 1. The van der Waals surface area contributed by atoms with E-state index < -0.39 is 0 Å². The average molecular weight is 216 g/mol. The van der Waals surface area contributed by atoms with E-state index in [-0.39, 0.29) is 5.91 Å². The lowest BCUT2D eigenvalue weighted by Gasteiger charge is -2.03. The lowest BCUT2D eigenvalue weighted by atomic mass is 10.2. The second kappa shape index (κ2) is 4.06. The largest absolute Gasteiger partial charge is 0.399 e. The molecule has 1 aromatic carbocycles. The van der Waals surface area contributed by atoms with Crippen LogP contribution < -0.4 is 11.1 Å². The number of amides is 1. The number of nitrogens with one attached hydrogen (secondary N) is 1. The lowest BCUT2D eigenvalue weighted by Crippen LogP contribution is -2.11. The summed E-state index contributed by atoms with van der Waals surface area (Å²) in [7, 11) is 1.76. The predicted octanol–water partition coefficient (Wildman–Crippen LogP) is 1.25. The first-order valence-electron chi connectivity index (χ1n) is 4.81. The van der Waals surface area contributed by atoms with Crippen LogP contribution in [0.1, 0.15) is 10.4 Å². The fourth-order valence-corrected chi connectivity index (χ4v) is 1.36. The summed E-state index contributed by atoms with van der Waals surface area (Å²) in [4.78, 5) is 11.7. The van der Waals surface area contributed by atoms with Gasteiger partial charge in [0, 0.05) is 24.6 Å². The molecule has 0 bridgehead atoms. The first kappa shape index (κ1) is 10.2. The number of nitrogens with zero attached hydrogens (tertiary/aromatic N) is 2. The van der Waals surface area contributed by atoms with E-state index >= 15 is 0 Å². The molecule has 16 heavy (non-hydrogen) atoms. The number of aryl methyl sites for hydroxylation is 1. The first-order valence-corrected chi connectivity index (χ1v) is 4.81. The van der Waals surface area contributed by atoms with Gasteiger partial charge in [-0.25, -0.2) is 0 Å². The van der Waals surface area contributed by atoms with Gasteiger partial charge < -0.3 is 11.1 Å². The molecule has 3 N–H and O–H groups in total. The van der Waals surface area contributed by atoms with E-state index in [0.29, 0.717) is 16.9 Å². The Bertz CT molecular complexity index is 518.